The van der Waals surface area contributed by atoms with Gasteiger partial charge >= 0.3 is 0 Å². The highest BCUT2D eigenvalue weighted by atomic mass is 35.5. The normalized spacial score (nSPS) is 12.6. The lowest BCUT2D eigenvalue weighted by Gasteiger charge is -2.13. The largest absolute Gasteiger partial charge is 0.489 e. The highest BCUT2D eigenvalue weighted by Gasteiger charge is 2.17. The summed E-state index contributed by atoms with van der Waals surface area (Å²) >= 11 is 6.32. The first kappa shape index (κ1) is 22.6. The molecule has 2 N–H and O–H groups in total. The number of fused-ring (bicyclic) bond motifs is 1. The van der Waals surface area contributed by atoms with E-state index in [0.717, 1.165) is 17.5 Å². The molecule has 0 saturated carbocycles. The molecule has 0 bridgehead atoms. The van der Waals surface area contributed by atoms with Gasteiger partial charge in [0.25, 0.3) is 11.8 Å². The maximum absolute atomic E-state index is 13.9. The van der Waals surface area contributed by atoms with Gasteiger partial charge in [-0.1, -0.05) is 29.8 Å². The summed E-state index contributed by atoms with van der Waals surface area (Å²) in [5.74, 6) is -0.471. The monoisotopic (exact) mass is 468 g/mol. The summed E-state index contributed by atoms with van der Waals surface area (Å²) in [6.07, 6.45) is 0.764. The zero-order valence-corrected chi connectivity index (χ0v) is 18.7. The summed E-state index contributed by atoms with van der Waals surface area (Å²) < 4.78 is 25.2. The van der Waals surface area contributed by atoms with E-state index in [1.165, 1.54) is 18.2 Å². The molecule has 0 radical (unpaired) electrons. The molecule has 3 aromatic carbocycles. The summed E-state index contributed by atoms with van der Waals surface area (Å²) in [5, 5.41) is 5.94. The van der Waals surface area contributed by atoms with Gasteiger partial charge in [0, 0.05) is 24.2 Å². The Morgan fingerprint density at radius 3 is 2.64 bits per heavy atom. The molecule has 2 amide bonds. The first-order valence-electron chi connectivity index (χ1n) is 10.4. The zero-order valence-electron chi connectivity index (χ0n) is 17.9. The fourth-order valence-corrected chi connectivity index (χ4v) is 3.69. The standard InChI is InChI=1S/C25H22ClFN2O4/c1-15-7-8-17(13-21(15)29-25(31)18-5-2-3-6-20(18)27)24(30)28-14-16-11-19(26)23-22(12-16)32-9-4-10-33-23/h2-3,5-8,11-13H,4,9-10,14H2,1H3,(H,28,30)(H,29,31). The maximum atomic E-state index is 13.9. The van der Waals surface area contributed by atoms with Gasteiger partial charge in [-0.15, -0.1) is 0 Å². The van der Waals surface area contributed by atoms with E-state index in [2.05, 4.69) is 10.6 Å². The van der Waals surface area contributed by atoms with Crippen LogP contribution in [-0.4, -0.2) is 25.0 Å². The molecule has 4 rings (SSSR count). The molecule has 6 nitrogen and oxygen atoms in total. The SMILES string of the molecule is Cc1ccc(C(=O)NCc2cc(Cl)c3c(c2)OCCCO3)cc1NC(=O)c1ccccc1F. The quantitative estimate of drug-likeness (QED) is 0.544. The number of benzene rings is 3. The minimum Gasteiger partial charge on any atom is -0.489 e. The van der Waals surface area contributed by atoms with Crippen LogP contribution in [0.3, 0.4) is 0 Å². The van der Waals surface area contributed by atoms with Crippen LogP contribution >= 0.6 is 11.6 Å². The number of hydrogen-bond donors (Lipinski definition) is 2. The van der Waals surface area contributed by atoms with Crippen LogP contribution in [0, 0.1) is 12.7 Å². The average Bonchev–Trinajstić information content (AvgIpc) is 3.05. The summed E-state index contributed by atoms with van der Waals surface area (Å²) in [4.78, 5) is 25.2. The molecular formula is C25H22ClFN2O4. The van der Waals surface area contributed by atoms with Crippen molar-refractivity contribution in [3.63, 3.8) is 0 Å². The highest BCUT2D eigenvalue weighted by molar-refractivity contribution is 6.32. The van der Waals surface area contributed by atoms with Crippen LogP contribution in [0.15, 0.2) is 54.6 Å². The van der Waals surface area contributed by atoms with E-state index in [1.54, 1.807) is 43.3 Å². The second kappa shape index (κ2) is 9.92. The van der Waals surface area contributed by atoms with Crippen LogP contribution in [0.1, 0.15) is 38.3 Å². The summed E-state index contributed by atoms with van der Waals surface area (Å²) in [7, 11) is 0. The molecule has 33 heavy (non-hydrogen) atoms. The number of hydrogen-bond acceptors (Lipinski definition) is 4. The second-order valence-corrected chi connectivity index (χ2v) is 8.01. The average molecular weight is 469 g/mol. The highest BCUT2D eigenvalue weighted by Crippen LogP contribution is 2.38. The fraction of sp³-hybridized carbons (Fsp3) is 0.200. The van der Waals surface area contributed by atoms with Gasteiger partial charge in [-0.25, -0.2) is 4.39 Å². The molecule has 0 saturated heterocycles. The van der Waals surface area contributed by atoms with Gasteiger partial charge in [0.05, 0.1) is 23.8 Å². The predicted octanol–water partition coefficient (Wildman–Crippen LogP) is 5.13. The number of nitrogens with one attached hydrogen (secondary N) is 2. The predicted molar refractivity (Wildman–Crippen MR) is 124 cm³/mol. The van der Waals surface area contributed by atoms with E-state index in [9.17, 15) is 14.0 Å². The Balaban J connectivity index is 1.46. The van der Waals surface area contributed by atoms with Gasteiger partial charge in [0.1, 0.15) is 5.82 Å². The maximum Gasteiger partial charge on any atom is 0.258 e. The lowest BCUT2D eigenvalue weighted by Crippen LogP contribution is -2.23. The number of rotatable bonds is 5. The molecule has 170 valence electrons. The molecule has 0 spiro atoms. The summed E-state index contributed by atoms with van der Waals surface area (Å²) in [6.45, 7) is 3.08. The van der Waals surface area contributed by atoms with Crippen molar-refractivity contribution in [2.45, 2.75) is 19.9 Å². The number of halogens is 2. The summed E-state index contributed by atoms with van der Waals surface area (Å²) in [6, 6.07) is 14.2. The van der Waals surface area contributed by atoms with Crippen molar-refractivity contribution >= 4 is 29.1 Å². The minimum atomic E-state index is -0.615. The molecule has 1 aliphatic heterocycles. The number of carbonyl (C=O) groups excluding carboxylic acids is 2. The van der Waals surface area contributed by atoms with Crippen molar-refractivity contribution in [3.8, 4) is 11.5 Å². The Labute approximate surface area is 195 Å². The van der Waals surface area contributed by atoms with Crippen LogP contribution < -0.4 is 20.1 Å². The van der Waals surface area contributed by atoms with Gasteiger partial charge in [0.15, 0.2) is 11.5 Å². The molecule has 0 aliphatic carbocycles. The fourth-order valence-electron chi connectivity index (χ4n) is 3.40. The zero-order chi connectivity index (χ0) is 23.4. The van der Waals surface area contributed by atoms with Crippen molar-refractivity contribution in [2.24, 2.45) is 0 Å². The van der Waals surface area contributed by atoms with E-state index in [-0.39, 0.29) is 18.0 Å². The second-order valence-electron chi connectivity index (χ2n) is 7.60. The van der Waals surface area contributed by atoms with Gasteiger partial charge < -0.3 is 20.1 Å². The van der Waals surface area contributed by atoms with Crippen LogP contribution in [0.5, 0.6) is 11.5 Å². The molecule has 0 aromatic heterocycles. The molecule has 0 unspecified atom stereocenters. The molecule has 0 fully saturated rings. The lowest BCUT2D eigenvalue weighted by atomic mass is 10.1. The van der Waals surface area contributed by atoms with E-state index < -0.39 is 11.7 Å². The van der Waals surface area contributed by atoms with Gasteiger partial charge in [-0.3, -0.25) is 9.59 Å². The minimum absolute atomic E-state index is 0.0713. The Morgan fingerprint density at radius 1 is 1.03 bits per heavy atom. The third-order valence-electron chi connectivity index (χ3n) is 5.18. The molecule has 1 heterocycles. The Bertz CT molecular complexity index is 1220. The molecule has 1 aliphatic rings. The van der Waals surface area contributed by atoms with Crippen LogP contribution in [0.4, 0.5) is 10.1 Å². The third-order valence-corrected chi connectivity index (χ3v) is 5.46. The topological polar surface area (TPSA) is 76.7 Å². The first-order valence-corrected chi connectivity index (χ1v) is 10.8. The number of amides is 2. The van der Waals surface area contributed by atoms with Crippen LogP contribution in [0.25, 0.3) is 0 Å². The van der Waals surface area contributed by atoms with Crippen molar-refractivity contribution in [1.29, 1.82) is 0 Å². The summed E-state index contributed by atoms with van der Waals surface area (Å²) in [5.41, 5.74) is 2.21. The van der Waals surface area contributed by atoms with Crippen molar-refractivity contribution in [2.75, 3.05) is 18.5 Å². The number of aryl methyl sites for hydroxylation is 1. The van der Waals surface area contributed by atoms with Gasteiger partial charge in [-0.05, 0) is 54.4 Å². The number of ether oxygens (including phenoxy) is 2. The lowest BCUT2D eigenvalue weighted by molar-refractivity contribution is 0.0949. The first-order chi connectivity index (χ1) is 15.9. The third kappa shape index (κ3) is 5.26. The van der Waals surface area contributed by atoms with Crippen LogP contribution in [-0.2, 0) is 6.54 Å². The van der Waals surface area contributed by atoms with Crippen molar-refractivity contribution < 1.29 is 23.5 Å². The van der Waals surface area contributed by atoms with E-state index in [4.69, 9.17) is 21.1 Å². The Kier molecular flexibility index (Phi) is 6.79. The van der Waals surface area contributed by atoms with Crippen LogP contribution in [0.2, 0.25) is 5.02 Å². The number of carbonyl (C=O) groups is 2. The van der Waals surface area contributed by atoms with Gasteiger partial charge in [0.2, 0.25) is 0 Å². The smallest absolute Gasteiger partial charge is 0.258 e. The van der Waals surface area contributed by atoms with Crippen molar-refractivity contribution in [1.82, 2.24) is 5.32 Å². The molecule has 8 heteroatoms. The van der Waals surface area contributed by atoms with E-state index in [1.807, 2.05) is 0 Å². The van der Waals surface area contributed by atoms with E-state index in [0.29, 0.717) is 41.0 Å². The molecule has 0 atom stereocenters. The molecular weight excluding hydrogens is 447 g/mol. The molecule has 3 aromatic rings. The Morgan fingerprint density at radius 2 is 1.82 bits per heavy atom. The van der Waals surface area contributed by atoms with Crippen molar-refractivity contribution in [3.05, 3.63) is 87.7 Å². The van der Waals surface area contributed by atoms with E-state index >= 15 is 0 Å². The number of anilines is 1. The Hall–Kier alpha value is -3.58. The van der Waals surface area contributed by atoms with Gasteiger partial charge in [-0.2, -0.15) is 0 Å².